The smallest absolute Gasteiger partial charge is 0.410 e. The molecule has 0 N–H and O–H groups in total. The van der Waals surface area contributed by atoms with E-state index < -0.39 is 5.60 Å². The van der Waals surface area contributed by atoms with Crippen molar-refractivity contribution in [3.05, 3.63) is 27.5 Å². The lowest BCUT2D eigenvalue weighted by Gasteiger charge is -2.33. The van der Waals surface area contributed by atoms with Crippen LogP contribution in [0.15, 0.2) is 6.07 Å². The summed E-state index contributed by atoms with van der Waals surface area (Å²) in [6, 6.07) is 3.79. The second kappa shape index (κ2) is 6.94. The zero-order valence-corrected chi connectivity index (χ0v) is 14.9. The molecule has 5 nitrogen and oxygen atoms in total. The first-order valence-electron chi connectivity index (χ1n) is 7.45. The molecule has 7 heteroatoms. The Hall–Kier alpha value is -1.51. The van der Waals surface area contributed by atoms with Gasteiger partial charge >= 0.3 is 6.09 Å². The first-order chi connectivity index (χ1) is 10.7. The summed E-state index contributed by atoms with van der Waals surface area (Å²) in [5.74, 6) is 0.126. The third-order valence-electron chi connectivity index (χ3n) is 3.67. The lowest BCUT2D eigenvalue weighted by atomic mass is 9.87. The highest BCUT2D eigenvalue weighted by atomic mass is 35.5. The van der Waals surface area contributed by atoms with Crippen LogP contribution in [-0.2, 0) is 4.74 Å². The van der Waals surface area contributed by atoms with Crippen LogP contribution in [0.5, 0.6) is 0 Å². The van der Waals surface area contributed by atoms with E-state index in [1.54, 1.807) is 11.0 Å². The fraction of sp³-hybridized carbons (Fsp3) is 0.562. The molecule has 1 saturated heterocycles. The largest absolute Gasteiger partial charge is 0.444 e. The van der Waals surface area contributed by atoms with Crippen LogP contribution in [0.25, 0.3) is 0 Å². The van der Waals surface area contributed by atoms with Crippen molar-refractivity contribution in [2.24, 2.45) is 0 Å². The maximum Gasteiger partial charge on any atom is 0.410 e. The Morgan fingerprint density at radius 3 is 2.52 bits per heavy atom. The molecule has 0 radical (unpaired) electrons. The summed E-state index contributed by atoms with van der Waals surface area (Å²) in [7, 11) is 0. The third-order valence-corrected chi connectivity index (χ3v) is 4.14. The molecule has 2 rings (SSSR count). The molecule has 23 heavy (non-hydrogen) atoms. The van der Waals surface area contributed by atoms with E-state index in [-0.39, 0.29) is 22.3 Å². The van der Waals surface area contributed by atoms with Crippen LogP contribution in [0.2, 0.25) is 10.3 Å². The van der Waals surface area contributed by atoms with Crippen molar-refractivity contribution in [1.29, 1.82) is 5.26 Å². The molecular weight excluding hydrogens is 337 g/mol. The van der Waals surface area contributed by atoms with E-state index in [0.29, 0.717) is 18.7 Å². The lowest BCUT2D eigenvalue weighted by Crippen LogP contribution is -2.41. The van der Waals surface area contributed by atoms with Crippen molar-refractivity contribution in [1.82, 2.24) is 9.88 Å². The summed E-state index contributed by atoms with van der Waals surface area (Å²) in [5, 5.41) is 9.69. The summed E-state index contributed by atoms with van der Waals surface area (Å²) in [5.41, 5.74) is 0.668. The standard InChI is InChI=1S/C16H19Cl2N3O2/c1-16(2,3)23-15(22)21-6-4-10(5-7-21)11-8-13(17)20-14(18)12(11)9-19/h8,10H,4-7H2,1-3H3. The molecule has 0 atom stereocenters. The Kier molecular flexibility index (Phi) is 5.38. The van der Waals surface area contributed by atoms with E-state index in [1.165, 1.54) is 0 Å². The number of aromatic nitrogens is 1. The number of amides is 1. The molecule has 0 aromatic carbocycles. The van der Waals surface area contributed by atoms with Gasteiger partial charge in [-0.1, -0.05) is 23.2 Å². The SMILES string of the molecule is CC(C)(C)OC(=O)N1CCC(c2cc(Cl)nc(Cl)c2C#N)CC1. The maximum atomic E-state index is 12.1. The molecule has 0 spiro atoms. The third kappa shape index (κ3) is 4.49. The van der Waals surface area contributed by atoms with Crippen LogP contribution < -0.4 is 0 Å². The van der Waals surface area contributed by atoms with Gasteiger partial charge < -0.3 is 9.64 Å². The maximum absolute atomic E-state index is 12.1. The number of carbonyl (C=O) groups excluding carboxylic acids is 1. The number of piperidine rings is 1. The molecule has 124 valence electrons. The van der Waals surface area contributed by atoms with Crippen LogP contribution in [0.3, 0.4) is 0 Å². The van der Waals surface area contributed by atoms with Gasteiger partial charge in [-0.15, -0.1) is 0 Å². The topological polar surface area (TPSA) is 66.2 Å². The summed E-state index contributed by atoms with van der Waals surface area (Å²) < 4.78 is 5.38. The highest BCUT2D eigenvalue weighted by Crippen LogP contribution is 2.34. The Morgan fingerprint density at radius 2 is 2.00 bits per heavy atom. The lowest BCUT2D eigenvalue weighted by molar-refractivity contribution is 0.0205. The van der Waals surface area contributed by atoms with Gasteiger partial charge in [-0.2, -0.15) is 5.26 Å². The van der Waals surface area contributed by atoms with Gasteiger partial charge in [-0.3, -0.25) is 0 Å². The molecule has 1 aliphatic heterocycles. The van der Waals surface area contributed by atoms with Gasteiger partial charge in [-0.05, 0) is 51.2 Å². The van der Waals surface area contributed by atoms with Crippen molar-refractivity contribution >= 4 is 29.3 Å². The van der Waals surface area contributed by atoms with Gasteiger partial charge in [0.05, 0.1) is 5.56 Å². The van der Waals surface area contributed by atoms with E-state index in [0.717, 1.165) is 18.4 Å². The molecule has 0 unspecified atom stereocenters. The number of pyridine rings is 1. The fourth-order valence-electron chi connectivity index (χ4n) is 2.63. The van der Waals surface area contributed by atoms with E-state index in [1.807, 2.05) is 20.8 Å². The van der Waals surface area contributed by atoms with Crippen molar-refractivity contribution < 1.29 is 9.53 Å². The molecule has 1 fully saturated rings. The molecular formula is C16H19Cl2N3O2. The van der Waals surface area contributed by atoms with Crippen molar-refractivity contribution in [3.63, 3.8) is 0 Å². The van der Waals surface area contributed by atoms with Crippen LogP contribution in [0, 0.1) is 11.3 Å². The van der Waals surface area contributed by atoms with E-state index in [4.69, 9.17) is 27.9 Å². The first-order valence-corrected chi connectivity index (χ1v) is 8.21. The van der Waals surface area contributed by atoms with E-state index in [9.17, 15) is 10.1 Å². The van der Waals surface area contributed by atoms with Gasteiger partial charge in [0.2, 0.25) is 0 Å². The van der Waals surface area contributed by atoms with E-state index in [2.05, 4.69) is 11.1 Å². The Balaban J connectivity index is 2.08. The molecule has 0 saturated carbocycles. The van der Waals surface area contributed by atoms with Gasteiger partial charge in [0.1, 0.15) is 22.0 Å². The van der Waals surface area contributed by atoms with Gasteiger partial charge in [-0.25, -0.2) is 9.78 Å². The zero-order chi connectivity index (χ0) is 17.2. The highest BCUT2D eigenvalue weighted by Gasteiger charge is 2.29. The Labute approximate surface area is 146 Å². The van der Waals surface area contributed by atoms with Crippen molar-refractivity contribution in [3.8, 4) is 6.07 Å². The Bertz CT molecular complexity index is 642. The van der Waals surface area contributed by atoms with Crippen LogP contribution in [-0.4, -0.2) is 34.7 Å². The van der Waals surface area contributed by atoms with Gasteiger partial charge in [0, 0.05) is 13.1 Å². The minimum atomic E-state index is -0.506. The van der Waals surface area contributed by atoms with Crippen molar-refractivity contribution in [2.45, 2.75) is 45.1 Å². The fourth-order valence-corrected chi connectivity index (χ4v) is 3.12. The molecule has 1 aromatic rings. The number of rotatable bonds is 1. The zero-order valence-electron chi connectivity index (χ0n) is 13.4. The average Bonchev–Trinajstić information content (AvgIpc) is 2.45. The summed E-state index contributed by atoms with van der Waals surface area (Å²) in [6.45, 7) is 6.68. The van der Waals surface area contributed by atoms with Gasteiger partial charge in [0.15, 0.2) is 0 Å². The Morgan fingerprint density at radius 1 is 1.39 bits per heavy atom. The first kappa shape index (κ1) is 17.8. The number of halogens is 2. The number of nitrogens with zero attached hydrogens (tertiary/aromatic N) is 3. The number of likely N-dealkylation sites (tertiary alicyclic amines) is 1. The number of hydrogen-bond acceptors (Lipinski definition) is 4. The summed E-state index contributed by atoms with van der Waals surface area (Å²) >= 11 is 12.0. The predicted molar refractivity (Wildman–Crippen MR) is 88.8 cm³/mol. The minimum absolute atomic E-state index is 0.126. The highest BCUT2D eigenvalue weighted by molar-refractivity contribution is 6.33. The number of hydrogen-bond donors (Lipinski definition) is 0. The average molecular weight is 356 g/mol. The monoisotopic (exact) mass is 355 g/mol. The molecule has 0 bridgehead atoms. The number of ether oxygens (including phenoxy) is 1. The van der Waals surface area contributed by atoms with Crippen LogP contribution >= 0.6 is 23.2 Å². The van der Waals surface area contributed by atoms with Gasteiger partial charge in [0.25, 0.3) is 0 Å². The molecule has 1 aliphatic rings. The number of nitriles is 1. The molecule has 1 amide bonds. The van der Waals surface area contributed by atoms with Crippen LogP contribution in [0.1, 0.15) is 50.7 Å². The normalized spacial score (nSPS) is 16.1. The second-order valence-corrected chi connectivity index (χ2v) is 7.30. The van der Waals surface area contributed by atoms with E-state index >= 15 is 0 Å². The predicted octanol–water partition coefficient (Wildman–Crippen LogP) is 4.37. The number of carbonyl (C=O) groups is 1. The minimum Gasteiger partial charge on any atom is -0.444 e. The quantitative estimate of drug-likeness (QED) is 0.701. The molecule has 2 heterocycles. The van der Waals surface area contributed by atoms with Crippen molar-refractivity contribution in [2.75, 3.05) is 13.1 Å². The summed E-state index contributed by atoms with van der Waals surface area (Å²) in [6.07, 6.45) is 1.15. The molecule has 0 aliphatic carbocycles. The summed E-state index contributed by atoms with van der Waals surface area (Å²) in [4.78, 5) is 17.7. The molecule has 1 aromatic heterocycles. The second-order valence-electron chi connectivity index (χ2n) is 6.55. The van der Waals surface area contributed by atoms with Crippen LogP contribution in [0.4, 0.5) is 4.79 Å².